The molecular weight excluding hydrogens is 238 g/mol. The minimum absolute atomic E-state index is 0.133. The van der Waals surface area contributed by atoms with Gasteiger partial charge < -0.3 is 10.6 Å². The zero-order chi connectivity index (χ0) is 13.9. The van der Waals surface area contributed by atoms with Crippen molar-refractivity contribution in [3.8, 4) is 0 Å². The van der Waals surface area contributed by atoms with Crippen molar-refractivity contribution in [3.05, 3.63) is 30.1 Å². The fraction of sp³-hybridized carbons (Fsp3) is 0.600. The molecule has 0 aliphatic heterocycles. The third-order valence-corrected chi connectivity index (χ3v) is 3.05. The smallest absolute Gasteiger partial charge is 0.222 e. The molecule has 19 heavy (non-hydrogen) atoms. The van der Waals surface area contributed by atoms with Gasteiger partial charge in [-0.3, -0.25) is 9.78 Å². The van der Waals surface area contributed by atoms with Crippen LogP contribution in [-0.2, 0) is 11.3 Å². The van der Waals surface area contributed by atoms with Crippen LogP contribution >= 0.6 is 0 Å². The lowest BCUT2D eigenvalue weighted by Gasteiger charge is -2.11. The number of hydrogen-bond donors (Lipinski definition) is 2. The summed E-state index contributed by atoms with van der Waals surface area (Å²) in [6, 6.07) is 3.99. The predicted molar refractivity (Wildman–Crippen MR) is 77.6 cm³/mol. The Balaban J connectivity index is 2.01. The number of nitrogens with one attached hydrogen (secondary N) is 2. The van der Waals surface area contributed by atoms with E-state index in [1.807, 2.05) is 25.3 Å². The topological polar surface area (TPSA) is 54.0 Å². The molecule has 1 amide bonds. The molecule has 1 unspecified atom stereocenters. The van der Waals surface area contributed by atoms with Gasteiger partial charge in [0.2, 0.25) is 5.91 Å². The van der Waals surface area contributed by atoms with Gasteiger partial charge in [0.15, 0.2) is 0 Å². The summed E-state index contributed by atoms with van der Waals surface area (Å²) in [4.78, 5) is 15.7. The van der Waals surface area contributed by atoms with E-state index in [2.05, 4.69) is 22.5 Å². The average Bonchev–Trinajstić information content (AvgIpc) is 2.43. The molecule has 0 saturated heterocycles. The van der Waals surface area contributed by atoms with Gasteiger partial charge in [-0.15, -0.1) is 0 Å². The highest BCUT2D eigenvalue weighted by atomic mass is 16.1. The number of pyridine rings is 1. The first-order chi connectivity index (χ1) is 9.24. The van der Waals surface area contributed by atoms with Crippen LogP contribution in [0.5, 0.6) is 0 Å². The van der Waals surface area contributed by atoms with Gasteiger partial charge in [0.05, 0.1) is 0 Å². The summed E-state index contributed by atoms with van der Waals surface area (Å²) in [5.74, 6) is 0.308. The molecule has 0 radical (unpaired) electrons. The van der Waals surface area contributed by atoms with E-state index < -0.39 is 0 Å². The van der Waals surface area contributed by atoms with E-state index in [9.17, 15) is 4.79 Å². The van der Waals surface area contributed by atoms with E-state index >= 15 is 0 Å². The maximum Gasteiger partial charge on any atom is 0.222 e. The quantitative estimate of drug-likeness (QED) is 0.671. The largest absolute Gasteiger partial charge is 0.356 e. The van der Waals surface area contributed by atoms with Crippen LogP contribution in [0.15, 0.2) is 24.5 Å². The van der Waals surface area contributed by atoms with Crippen molar-refractivity contribution in [1.29, 1.82) is 0 Å². The van der Waals surface area contributed by atoms with Crippen molar-refractivity contribution >= 4 is 5.91 Å². The van der Waals surface area contributed by atoms with Gasteiger partial charge in [0.25, 0.3) is 0 Å². The average molecular weight is 263 g/mol. The normalized spacial score (nSPS) is 12.1. The molecule has 4 nitrogen and oxygen atoms in total. The number of amides is 1. The van der Waals surface area contributed by atoms with E-state index in [4.69, 9.17) is 0 Å². The molecule has 0 aromatic carbocycles. The number of nitrogens with zero attached hydrogens (tertiary/aromatic N) is 1. The Morgan fingerprint density at radius 2 is 2.26 bits per heavy atom. The molecule has 1 aromatic rings. The maximum absolute atomic E-state index is 11.6. The minimum Gasteiger partial charge on any atom is -0.356 e. The van der Waals surface area contributed by atoms with Crippen LogP contribution in [0.1, 0.15) is 38.7 Å². The number of carbonyl (C=O) groups is 1. The van der Waals surface area contributed by atoms with Crippen LogP contribution in [0, 0.1) is 5.92 Å². The second-order valence-electron chi connectivity index (χ2n) is 4.87. The Morgan fingerprint density at radius 1 is 1.42 bits per heavy atom. The predicted octanol–water partition coefficient (Wildman–Crippen LogP) is 2.11. The first kappa shape index (κ1) is 15.6. The van der Waals surface area contributed by atoms with Gasteiger partial charge in [-0.2, -0.15) is 0 Å². The summed E-state index contributed by atoms with van der Waals surface area (Å²) in [5, 5.41) is 6.31. The van der Waals surface area contributed by atoms with Gasteiger partial charge in [0, 0.05) is 31.4 Å². The van der Waals surface area contributed by atoms with Crippen LogP contribution < -0.4 is 10.6 Å². The van der Waals surface area contributed by atoms with Crippen LogP contribution in [0.4, 0.5) is 0 Å². The van der Waals surface area contributed by atoms with Gasteiger partial charge in [-0.25, -0.2) is 0 Å². The van der Waals surface area contributed by atoms with Gasteiger partial charge >= 0.3 is 0 Å². The van der Waals surface area contributed by atoms with Crippen molar-refractivity contribution in [2.75, 3.05) is 13.1 Å². The Kier molecular flexibility index (Phi) is 7.82. The fourth-order valence-corrected chi connectivity index (χ4v) is 1.90. The van der Waals surface area contributed by atoms with Gasteiger partial charge in [-0.05, 0) is 31.0 Å². The van der Waals surface area contributed by atoms with E-state index in [0.717, 1.165) is 38.9 Å². The maximum atomic E-state index is 11.6. The molecule has 0 spiro atoms. The third kappa shape index (κ3) is 6.91. The molecule has 0 fully saturated rings. The molecule has 1 heterocycles. The van der Waals surface area contributed by atoms with Crippen LogP contribution in [0.3, 0.4) is 0 Å². The Morgan fingerprint density at radius 3 is 2.95 bits per heavy atom. The molecule has 0 aliphatic rings. The summed E-state index contributed by atoms with van der Waals surface area (Å²) < 4.78 is 0. The minimum atomic E-state index is 0.133. The first-order valence-electron chi connectivity index (χ1n) is 7.11. The highest BCUT2D eigenvalue weighted by Crippen LogP contribution is 2.04. The van der Waals surface area contributed by atoms with Crippen LogP contribution in [0.2, 0.25) is 0 Å². The molecule has 106 valence electrons. The zero-order valence-electron chi connectivity index (χ0n) is 12.0. The lowest BCUT2D eigenvalue weighted by atomic mass is 10.1. The summed E-state index contributed by atoms with van der Waals surface area (Å²) in [6.45, 7) is 6.56. The number of carbonyl (C=O) groups excluding carboxylic acids is 1. The third-order valence-electron chi connectivity index (χ3n) is 3.05. The number of rotatable bonds is 9. The van der Waals surface area contributed by atoms with Crippen LogP contribution in [-0.4, -0.2) is 24.0 Å². The SMILES string of the molecule is CCCC(C)C(=O)NCCCNCc1cccnc1. The summed E-state index contributed by atoms with van der Waals surface area (Å²) in [6.07, 6.45) is 6.61. The molecule has 2 N–H and O–H groups in total. The summed E-state index contributed by atoms with van der Waals surface area (Å²) in [5.41, 5.74) is 1.18. The molecule has 1 aromatic heterocycles. The van der Waals surface area contributed by atoms with E-state index in [1.165, 1.54) is 5.56 Å². The van der Waals surface area contributed by atoms with Gasteiger partial charge in [-0.1, -0.05) is 26.3 Å². The Labute approximate surface area is 116 Å². The number of aromatic nitrogens is 1. The van der Waals surface area contributed by atoms with E-state index in [-0.39, 0.29) is 11.8 Å². The molecule has 0 saturated carbocycles. The van der Waals surface area contributed by atoms with E-state index in [0.29, 0.717) is 0 Å². The lowest BCUT2D eigenvalue weighted by molar-refractivity contribution is -0.124. The van der Waals surface area contributed by atoms with Crippen molar-refractivity contribution in [2.45, 2.75) is 39.7 Å². The highest BCUT2D eigenvalue weighted by Gasteiger charge is 2.09. The molecule has 1 atom stereocenters. The molecule has 0 bridgehead atoms. The molecule has 4 heteroatoms. The van der Waals surface area contributed by atoms with Gasteiger partial charge in [0.1, 0.15) is 0 Å². The van der Waals surface area contributed by atoms with E-state index in [1.54, 1.807) is 6.20 Å². The fourth-order valence-electron chi connectivity index (χ4n) is 1.90. The van der Waals surface area contributed by atoms with Crippen molar-refractivity contribution in [2.24, 2.45) is 5.92 Å². The standard InChI is InChI=1S/C15H25N3O/c1-3-6-13(2)15(19)18-10-5-9-17-12-14-7-4-8-16-11-14/h4,7-8,11,13,17H,3,5-6,9-10,12H2,1-2H3,(H,18,19). The lowest BCUT2D eigenvalue weighted by Crippen LogP contribution is -2.31. The van der Waals surface area contributed by atoms with Crippen molar-refractivity contribution in [1.82, 2.24) is 15.6 Å². The second kappa shape index (κ2) is 9.50. The molecular formula is C15H25N3O. The monoisotopic (exact) mass is 263 g/mol. The Hall–Kier alpha value is -1.42. The molecule has 1 rings (SSSR count). The molecule has 0 aliphatic carbocycles. The first-order valence-corrected chi connectivity index (χ1v) is 7.11. The zero-order valence-corrected chi connectivity index (χ0v) is 12.0. The Bertz CT molecular complexity index is 354. The van der Waals surface area contributed by atoms with Crippen molar-refractivity contribution < 1.29 is 4.79 Å². The van der Waals surface area contributed by atoms with Crippen molar-refractivity contribution in [3.63, 3.8) is 0 Å². The highest BCUT2D eigenvalue weighted by molar-refractivity contribution is 5.78. The second-order valence-corrected chi connectivity index (χ2v) is 4.87. The van der Waals surface area contributed by atoms with Crippen LogP contribution in [0.25, 0.3) is 0 Å². The summed E-state index contributed by atoms with van der Waals surface area (Å²) in [7, 11) is 0. The number of hydrogen-bond acceptors (Lipinski definition) is 3. The summed E-state index contributed by atoms with van der Waals surface area (Å²) >= 11 is 0.